The van der Waals surface area contributed by atoms with Crippen molar-refractivity contribution in [3.05, 3.63) is 80.5 Å². The first-order chi connectivity index (χ1) is 12.4. The normalized spacial score (nSPS) is 14.0. The van der Waals surface area contributed by atoms with E-state index in [9.17, 15) is 13.2 Å². The number of aryl methyl sites for hydroxylation is 2. The van der Waals surface area contributed by atoms with Crippen LogP contribution < -0.4 is 9.81 Å². The lowest BCUT2D eigenvalue weighted by Crippen LogP contribution is -2.15. The van der Waals surface area contributed by atoms with Crippen LogP contribution in [-0.4, -0.2) is 8.42 Å². The van der Waals surface area contributed by atoms with Crippen molar-refractivity contribution in [1.29, 1.82) is 0 Å². The van der Waals surface area contributed by atoms with Crippen molar-refractivity contribution in [2.45, 2.75) is 19.8 Å². The molecule has 0 spiro atoms. The Balaban J connectivity index is 1.69. The highest BCUT2D eigenvalue weighted by atomic mass is 32.2. The number of allylic oxidation sites excluding steroid dienone is 1. The quantitative estimate of drug-likeness (QED) is 0.519. The first-order valence-corrected chi connectivity index (χ1v) is 9.61. The van der Waals surface area contributed by atoms with Crippen molar-refractivity contribution in [1.82, 2.24) is 0 Å². The van der Waals surface area contributed by atoms with E-state index in [-0.39, 0.29) is 10.7 Å². The van der Waals surface area contributed by atoms with Gasteiger partial charge in [0, 0.05) is 17.5 Å². The fourth-order valence-corrected chi connectivity index (χ4v) is 4.23. The number of rotatable bonds is 3. The molecular formula is C20H16O5S. The fourth-order valence-electron chi connectivity index (χ4n) is 3.14. The molecular weight excluding hydrogens is 352 g/mol. The third-order valence-corrected chi connectivity index (χ3v) is 5.84. The van der Waals surface area contributed by atoms with Gasteiger partial charge in [0.25, 0.3) is 0 Å². The summed E-state index contributed by atoms with van der Waals surface area (Å²) in [6, 6.07) is 13.8. The van der Waals surface area contributed by atoms with Crippen LogP contribution in [-0.2, 0) is 16.5 Å². The Kier molecular flexibility index (Phi) is 3.92. The van der Waals surface area contributed by atoms with Gasteiger partial charge in [0.05, 0.1) is 4.91 Å². The SMILES string of the molecule is Cc1cc(=O)oc2cc(OS(=O)(=O)C3=Cc4ccccc4CC3)ccc12. The molecule has 132 valence electrons. The van der Waals surface area contributed by atoms with E-state index in [2.05, 4.69) is 0 Å². The van der Waals surface area contributed by atoms with Gasteiger partial charge in [-0.15, -0.1) is 0 Å². The molecule has 1 heterocycles. The Hall–Kier alpha value is -2.86. The van der Waals surface area contributed by atoms with Gasteiger partial charge in [-0.3, -0.25) is 0 Å². The van der Waals surface area contributed by atoms with Crippen LogP contribution >= 0.6 is 0 Å². The minimum absolute atomic E-state index is 0.117. The Morgan fingerprint density at radius 1 is 1.04 bits per heavy atom. The molecule has 1 aliphatic carbocycles. The van der Waals surface area contributed by atoms with Crippen LogP contribution in [0.2, 0.25) is 0 Å². The lowest BCUT2D eigenvalue weighted by Gasteiger charge is -2.16. The summed E-state index contributed by atoms with van der Waals surface area (Å²) in [6.07, 6.45) is 2.69. The van der Waals surface area contributed by atoms with Crippen LogP contribution in [0.4, 0.5) is 0 Å². The Morgan fingerprint density at radius 3 is 2.69 bits per heavy atom. The highest BCUT2D eigenvalue weighted by molar-refractivity contribution is 7.91. The van der Waals surface area contributed by atoms with Gasteiger partial charge < -0.3 is 8.60 Å². The summed E-state index contributed by atoms with van der Waals surface area (Å²) >= 11 is 0. The number of benzene rings is 2. The summed E-state index contributed by atoms with van der Waals surface area (Å²) in [5, 5.41) is 0.736. The fraction of sp³-hybridized carbons (Fsp3) is 0.150. The second kappa shape index (κ2) is 6.14. The molecule has 6 heteroatoms. The molecule has 26 heavy (non-hydrogen) atoms. The van der Waals surface area contributed by atoms with Gasteiger partial charge in [-0.05, 0) is 54.7 Å². The van der Waals surface area contributed by atoms with Crippen molar-refractivity contribution < 1.29 is 17.0 Å². The first-order valence-electron chi connectivity index (χ1n) is 8.20. The minimum Gasteiger partial charge on any atom is -0.423 e. The van der Waals surface area contributed by atoms with Gasteiger partial charge in [-0.2, -0.15) is 8.42 Å². The monoisotopic (exact) mass is 368 g/mol. The largest absolute Gasteiger partial charge is 0.423 e. The van der Waals surface area contributed by atoms with E-state index in [0.29, 0.717) is 18.4 Å². The van der Waals surface area contributed by atoms with E-state index in [1.807, 2.05) is 24.3 Å². The van der Waals surface area contributed by atoms with Crippen molar-refractivity contribution >= 4 is 27.2 Å². The van der Waals surface area contributed by atoms with Crippen LogP contribution in [0, 0.1) is 6.92 Å². The third-order valence-electron chi connectivity index (χ3n) is 4.46. The maximum Gasteiger partial charge on any atom is 0.336 e. The van der Waals surface area contributed by atoms with Crippen molar-refractivity contribution in [3.8, 4) is 5.75 Å². The predicted octanol–water partition coefficient (Wildman–Crippen LogP) is 3.80. The van der Waals surface area contributed by atoms with Gasteiger partial charge in [-0.25, -0.2) is 4.79 Å². The van der Waals surface area contributed by atoms with Crippen molar-refractivity contribution in [2.75, 3.05) is 0 Å². The predicted molar refractivity (Wildman–Crippen MR) is 99.5 cm³/mol. The van der Waals surface area contributed by atoms with Crippen LogP contribution in [0.1, 0.15) is 23.1 Å². The van der Waals surface area contributed by atoms with E-state index in [1.165, 1.54) is 12.1 Å². The van der Waals surface area contributed by atoms with Gasteiger partial charge in [0.15, 0.2) is 0 Å². The van der Waals surface area contributed by atoms with E-state index in [0.717, 1.165) is 22.1 Å². The zero-order chi connectivity index (χ0) is 18.3. The zero-order valence-corrected chi connectivity index (χ0v) is 14.9. The molecule has 1 aliphatic rings. The Labute approximate surface area is 150 Å². The standard InChI is InChI=1S/C20H16O5S/c1-13-10-20(21)24-19-12-16(7-9-18(13)19)25-26(22,23)17-8-6-14-4-2-3-5-15(14)11-17/h2-5,7,9-12H,6,8H2,1H3. The molecule has 5 nitrogen and oxygen atoms in total. The molecule has 1 aromatic heterocycles. The Morgan fingerprint density at radius 2 is 1.85 bits per heavy atom. The molecule has 0 amide bonds. The summed E-state index contributed by atoms with van der Waals surface area (Å²) in [6.45, 7) is 1.79. The maximum atomic E-state index is 12.7. The molecule has 0 atom stereocenters. The van der Waals surface area contributed by atoms with Crippen LogP contribution in [0.25, 0.3) is 17.0 Å². The molecule has 0 bridgehead atoms. The minimum atomic E-state index is -3.93. The maximum absolute atomic E-state index is 12.7. The summed E-state index contributed by atoms with van der Waals surface area (Å²) < 4.78 is 35.7. The molecule has 0 saturated heterocycles. The molecule has 0 saturated carbocycles. The number of hydrogen-bond donors (Lipinski definition) is 0. The van der Waals surface area contributed by atoms with E-state index < -0.39 is 15.7 Å². The smallest absolute Gasteiger partial charge is 0.336 e. The van der Waals surface area contributed by atoms with Gasteiger partial charge in [-0.1, -0.05) is 24.3 Å². The van der Waals surface area contributed by atoms with Crippen molar-refractivity contribution in [2.24, 2.45) is 0 Å². The molecule has 2 aromatic carbocycles. The average Bonchev–Trinajstić information content (AvgIpc) is 2.60. The lowest BCUT2D eigenvalue weighted by molar-refractivity contribution is 0.490. The van der Waals surface area contributed by atoms with E-state index in [4.69, 9.17) is 8.60 Å². The molecule has 0 fully saturated rings. The summed E-state index contributed by atoms with van der Waals surface area (Å²) in [5.74, 6) is 0.117. The van der Waals surface area contributed by atoms with Gasteiger partial charge in [0.2, 0.25) is 0 Å². The van der Waals surface area contributed by atoms with Gasteiger partial charge in [0.1, 0.15) is 11.3 Å². The summed E-state index contributed by atoms with van der Waals surface area (Å²) in [7, 11) is -3.93. The van der Waals surface area contributed by atoms with Crippen molar-refractivity contribution in [3.63, 3.8) is 0 Å². The number of fused-ring (bicyclic) bond motifs is 2. The first kappa shape index (κ1) is 16.6. The lowest BCUT2D eigenvalue weighted by atomic mass is 9.98. The van der Waals surface area contributed by atoms with Crippen LogP contribution in [0.15, 0.2) is 62.6 Å². The average molecular weight is 368 g/mol. The molecule has 0 radical (unpaired) electrons. The molecule has 4 rings (SSSR count). The highest BCUT2D eigenvalue weighted by Crippen LogP contribution is 2.30. The highest BCUT2D eigenvalue weighted by Gasteiger charge is 2.24. The zero-order valence-electron chi connectivity index (χ0n) is 14.1. The van der Waals surface area contributed by atoms with Crippen LogP contribution in [0.5, 0.6) is 5.75 Å². The Bertz CT molecular complexity index is 1200. The van der Waals surface area contributed by atoms with Gasteiger partial charge >= 0.3 is 15.7 Å². The third kappa shape index (κ3) is 3.04. The molecule has 3 aromatic rings. The number of hydrogen-bond acceptors (Lipinski definition) is 5. The van der Waals surface area contributed by atoms with E-state index >= 15 is 0 Å². The summed E-state index contributed by atoms with van der Waals surface area (Å²) in [4.78, 5) is 11.8. The molecule has 0 unspecified atom stereocenters. The van der Waals surface area contributed by atoms with Crippen LogP contribution in [0.3, 0.4) is 0 Å². The van der Waals surface area contributed by atoms with E-state index in [1.54, 1.807) is 25.1 Å². The molecule has 0 N–H and O–H groups in total. The second-order valence-corrected chi connectivity index (χ2v) is 7.85. The second-order valence-electron chi connectivity index (χ2n) is 6.25. The topological polar surface area (TPSA) is 73.6 Å². The molecule has 0 aliphatic heterocycles. The summed E-state index contributed by atoms with van der Waals surface area (Å²) in [5.41, 5.74) is 2.58.